The molecule has 122 valence electrons. The molecule has 4 rings (SSSR count). The highest BCUT2D eigenvalue weighted by Gasteiger charge is 2.05. The van der Waals surface area contributed by atoms with Gasteiger partial charge in [0.05, 0.1) is 23.0 Å². The monoisotopic (exact) mass is 344 g/mol. The van der Waals surface area contributed by atoms with E-state index in [1.54, 1.807) is 18.4 Å². The summed E-state index contributed by atoms with van der Waals surface area (Å²) in [5.74, 6) is 0.845. The standard InChI is InChI=1S/C21H16N2OS/c1-24-18-12-6-15(7-13-18)14-22-17-10-8-16(9-11-17)21-23-19-4-2-3-5-20(19)25-21/h2-14H,1H3. The molecule has 0 bridgehead atoms. The van der Waals surface area contributed by atoms with Gasteiger partial charge >= 0.3 is 0 Å². The zero-order valence-corrected chi connectivity index (χ0v) is 14.5. The summed E-state index contributed by atoms with van der Waals surface area (Å²) < 4.78 is 6.37. The Balaban J connectivity index is 1.53. The van der Waals surface area contributed by atoms with Gasteiger partial charge in [-0.15, -0.1) is 11.3 Å². The number of rotatable bonds is 4. The Morgan fingerprint density at radius 1 is 0.920 bits per heavy atom. The van der Waals surface area contributed by atoms with Gasteiger partial charge < -0.3 is 4.74 Å². The number of hydrogen-bond donors (Lipinski definition) is 0. The van der Waals surface area contributed by atoms with E-state index in [1.165, 1.54) is 4.70 Å². The van der Waals surface area contributed by atoms with Crippen molar-refractivity contribution in [2.45, 2.75) is 0 Å². The predicted molar refractivity (Wildman–Crippen MR) is 105 cm³/mol. The average Bonchev–Trinajstić information content (AvgIpc) is 3.11. The Morgan fingerprint density at radius 2 is 1.68 bits per heavy atom. The number of nitrogens with zero attached hydrogens (tertiary/aromatic N) is 2. The van der Waals surface area contributed by atoms with Crippen LogP contribution in [0, 0.1) is 0 Å². The van der Waals surface area contributed by atoms with Gasteiger partial charge in [-0.1, -0.05) is 12.1 Å². The summed E-state index contributed by atoms with van der Waals surface area (Å²) in [5, 5.41) is 1.03. The number of aliphatic imine (C=N–C) groups is 1. The zero-order chi connectivity index (χ0) is 17.1. The summed E-state index contributed by atoms with van der Waals surface area (Å²) in [5.41, 5.74) is 4.12. The van der Waals surface area contributed by atoms with Crippen molar-refractivity contribution in [3.8, 4) is 16.3 Å². The second kappa shape index (κ2) is 6.87. The third kappa shape index (κ3) is 3.44. The SMILES string of the molecule is COc1ccc(C=Nc2ccc(-c3nc4ccccc4s3)cc2)cc1. The maximum absolute atomic E-state index is 5.16. The Labute approximate surface area is 150 Å². The number of methoxy groups -OCH3 is 1. The fourth-order valence-electron chi connectivity index (χ4n) is 2.52. The molecule has 1 heterocycles. The van der Waals surface area contributed by atoms with Gasteiger partial charge in [-0.2, -0.15) is 0 Å². The lowest BCUT2D eigenvalue weighted by Crippen LogP contribution is -1.84. The van der Waals surface area contributed by atoms with Crippen molar-refractivity contribution in [3.63, 3.8) is 0 Å². The Hall–Kier alpha value is -2.98. The van der Waals surface area contributed by atoms with Gasteiger partial charge in [0.15, 0.2) is 0 Å². The number of thiazole rings is 1. The molecule has 4 aromatic rings. The molecular weight excluding hydrogens is 328 g/mol. The second-order valence-electron chi connectivity index (χ2n) is 5.56. The van der Waals surface area contributed by atoms with Crippen molar-refractivity contribution in [2.24, 2.45) is 4.99 Å². The predicted octanol–water partition coefficient (Wildman–Crippen LogP) is 5.72. The molecule has 1 aromatic heterocycles. The molecule has 0 unspecified atom stereocenters. The van der Waals surface area contributed by atoms with Gasteiger partial charge in [0, 0.05) is 11.8 Å². The number of fused-ring (bicyclic) bond motifs is 1. The normalized spacial score (nSPS) is 11.2. The first kappa shape index (κ1) is 15.5. The number of hydrogen-bond acceptors (Lipinski definition) is 4. The molecule has 0 fully saturated rings. The van der Waals surface area contributed by atoms with E-state index < -0.39 is 0 Å². The molecule has 3 aromatic carbocycles. The van der Waals surface area contributed by atoms with Gasteiger partial charge in [-0.05, 0) is 66.2 Å². The van der Waals surface area contributed by atoms with E-state index in [0.29, 0.717) is 0 Å². The minimum atomic E-state index is 0.845. The smallest absolute Gasteiger partial charge is 0.124 e. The minimum absolute atomic E-state index is 0.845. The number of para-hydroxylation sites is 1. The van der Waals surface area contributed by atoms with E-state index in [9.17, 15) is 0 Å². The van der Waals surface area contributed by atoms with Crippen LogP contribution in [0.3, 0.4) is 0 Å². The lowest BCUT2D eigenvalue weighted by atomic mass is 10.2. The molecule has 4 heteroatoms. The van der Waals surface area contributed by atoms with Gasteiger partial charge in [0.25, 0.3) is 0 Å². The summed E-state index contributed by atoms with van der Waals surface area (Å²) in [6.07, 6.45) is 1.85. The van der Waals surface area contributed by atoms with Gasteiger partial charge in [-0.25, -0.2) is 4.98 Å². The lowest BCUT2D eigenvalue weighted by Gasteiger charge is -1.99. The van der Waals surface area contributed by atoms with E-state index in [4.69, 9.17) is 9.72 Å². The maximum Gasteiger partial charge on any atom is 0.124 e. The molecule has 0 aliphatic rings. The van der Waals surface area contributed by atoms with Crippen LogP contribution in [0.25, 0.3) is 20.8 Å². The highest BCUT2D eigenvalue weighted by Crippen LogP contribution is 2.30. The van der Waals surface area contributed by atoms with Crippen LogP contribution in [0.15, 0.2) is 77.8 Å². The quantitative estimate of drug-likeness (QED) is 0.444. The van der Waals surface area contributed by atoms with Crippen molar-refractivity contribution in [1.29, 1.82) is 0 Å². The van der Waals surface area contributed by atoms with Gasteiger partial charge in [0.2, 0.25) is 0 Å². The molecule has 0 spiro atoms. The molecule has 0 N–H and O–H groups in total. The Kier molecular flexibility index (Phi) is 4.27. The van der Waals surface area contributed by atoms with Crippen LogP contribution in [0.2, 0.25) is 0 Å². The first-order valence-electron chi connectivity index (χ1n) is 7.96. The second-order valence-corrected chi connectivity index (χ2v) is 6.60. The molecule has 0 saturated heterocycles. The number of benzene rings is 3. The molecular formula is C21H16N2OS. The van der Waals surface area contributed by atoms with Crippen LogP contribution in [-0.4, -0.2) is 18.3 Å². The summed E-state index contributed by atoms with van der Waals surface area (Å²) in [7, 11) is 1.66. The third-order valence-corrected chi connectivity index (χ3v) is 4.97. The molecule has 0 aliphatic heterocycles. The number of ether oxygens (including phenoxy) is 1. The molecule has 0 amide bonds. The summed E-state index contributed by atoms with van der Waals surface area (Å²) in [6.45, 7) is 0. The van der Waals surface area contributed by atoms with Crippen molar-refractivity contribution < 1.29 is 4.74 Å². The van der Waals surface area contributed by atoms with E-state index in [2.05, 4.69) is 23.2 Å². The highest BCUT2D eigenvalue weighted by molar-refractivity contribution is 7.21. The fourth-order valence-corrected chi connectivity index (χ4v) is 3.50. The first-order chi connectivity index (χ1) is 12.3. The van der Waals surface area contributed by atoms with Crippen molar-refractivity contribution in [1.82, 2.24) is 4.98 Å². The molecule has 0 atom stereocenters. The van der Waals surface area contributed by atoms with Crippen LogP contribution >= 0.6 is 11.3 Å². The summed E-state index contributed by atoms with van der Waals surface area (Å²) in [6, 6.07) is 24.2. The van der Waals surface area contributed by atoms with Crippen LogP contribution < -0.4 is 4.74 Å². The average molecular weight is 344 g/mol. The highest BCUT2D eigenvalue weighted by atomic mass is 32.1. The van der Waals surface area contributed by atoms with E-state index in [-0.39, 0.29) is 0 Å². The van der Waals surface area contributed by atoms with E-state index in [0.717, 1.165) is 33.1 Å². The molecule has 3 nitrogen and oxygen atoms in total. The molecule has 25 heavy (non-hydrogen) atoms. The van der Waals surface area contributed by atoms with Crippen LogP contribution in [-0.2, 0) is 0 Å². The van der Waals surface area contributed by atoms with E-state index in [1.807, 2.05) is 60.8 Å². The third-order valence-electron chi connectivity index (χ3n) is 3.89. The maximum atomic E-state index is 5.16. The zero-order valence-electron chi connectivity index (χ0n) is 13.7. The van der Waals surface area contributed by atoms with Gasteiger partial charge in [-0.3, -0.25) is 4.99 Å². The first-order valence-corrected chi connectivity index (χ1v) is 8.77. The molecule has 0 saturated carbocycles. The fraction of sp³-hybridized carbons (Fsp3) is 0.0476. The van der Waals surface area contributed by atoms with Crippen molar-refractivity contribution in [2.75, 3.05) is 7.11 Å². The summed E-state index contributed by atoms with van der Waals surface area (Å²) >= 11 is 1.71. The van der Waals surface area contributed by atoms with E-state index >= 15 is 0 Å². The van der Waals surface area contributed by atoms with Crippen molar-refractivity contribution in [3.05, 3.63) is 78.4 Å². The summed E-state index contributed by atoms with van der Waals surface area (Å²) in [4.78, 5) is 9.22. The van der Waals surface area contributed by atoms with Crippen molar-refractivity contribution >= 4 is 33.5 Å². The van der Waals surface area contributed by atoms with Crippen LogP contribution in [0.5, 0.6) is 5.75 Å². The molecule has 0 aliphatic carbocycles. The van der Waals surface area contributed by atoms with Gasteiger partial charge in [0.1, 0.15) is 10.8 Å². The largest absolute Gasteiger partial charge is 0.497 e. The molecule has 0 radical (unpaired) electrons. The topological polar surface area (TPSA) is 34.5 Å². The lowest BCUT2D eigenvalue weighted by molar-refractivity contribution is 0.415. The van der Waals surface area contributed by atoms with Crippen LogP contribution in [0.1, 0.15) is 5.56 Å². The minimum Gasteiger partial charge on any atom is -0.497 e. The van der Waals surface area contributed by atoms with Crippen LogP contribution in [0.4, 0.5) is 5.69 Å². The Morgan fingerprint density at radius 3 is 2.40 bits per heavy atom. The Bertz CT molecular complexity index is 985. The number of aromatic nitrogens is 1.